The van der Waals surface area contributed by atoms with Crippen LogP contribution in [0, 0.1) is 0 Å². The van der Waals surface area contributed by atoms with Crippen molar-refractivity contribution in [1.29, 1.82) is 0 Å². The van der Waals surface area contributed by atoms with Gasteiger partial charge in [0, 0.05) is 12.9 Å². The minimum absolute atomic E-state index is 0.260. The topological polar surface area (TPSA) is 26.3 Å². The maximum atomic E-state index is 10.5. The molecule has 0 unspecified atom stereocenters. The number of rotatable bonds is 2. The number of carbonyl (C=O) groups excluding carboxylic acids is 1. The first-order chi connectivity index (χ1) is 4.33. The molecule has 0 aromatic heterocycles. The zero-order valence-electron chi connectivity index (χ0n) is 4.96. The van der Waals surface area contributed by atoms with Gasteiger partial charge in [0.05, 0.1) is 6.42 Å². The predicted octanol–water partition coefficient (Wildman–Crippen LogP) is 1.48. The summed E-state index contributed by atoms with van der Waals surface area (Å²) in [4.78, 5) is 10.5. The zero-order valence-corrected chi connectivity index (χ0v) is 5.86. The zero-order chi connectivity index (χ0) is 6.69. The molecule has 0 saturated heterocycles. The first kappa shape index (κ1) is 6.68. The summed E-state index contributed by atoms with van der Waals surface area (Å²) in [5, 5.41) is 0. The van der Waals surface area contributed by atoms with Crippen LogP contribution in [0.15, 0.2) is 11.6 Å². The van der Waals surface area contributed by atoms with Crippen LogP contribution in [0.3, 0.4) is 0 Å². The largest absolute Gasteiger partial charge is 0.394 e. The van der Waals surface area contributed by atoms with Crippen molar-refractivity contribution in [1.82, 2.24) is 0 Å². The molecule has 1 aliphatic carbocycles. The summed E-state index contributed by atoms with van der Waals surface area (Å²) in [6, 6.07) is 0. The van der Waals surface area contributed by atoms with E-state index in [2.05, 4.69) is 17.1 Å². The first-order valence-corrected chi connectivity index (χ1v) is 3.21. The van der Waals surface area contributed by atoms with E-state index in [9.17, 15) is 4.79 Å². The van der Waals surface area contributed by atoms with Gasteiger partial charge in [0.2, 0.25) is 0 Å². The summed E-state index contributed by atoms with van der Waals surface area (Å²) >= 11 is 3.38. The molecule has 0 aromatic rings. The Hall–Kier alpha value is -0.440. The maximum absolute atomic E-state index is 10.5. The standard InChI is InChI=1S/C6H8O2S/c7-6(8-9)4-5-2-1-3-5/h2,9H,1,3-4H2. The molecule has 0 heterocycles. The van der Waals surface area contributed by atoms with Crippen LogP contribution in [-0.4, -0.2) is 5.97 Å². The average Bonchev–Trinajstić information content (AvgIpc) is 1.78. The molecule has 0 atom stereocenters. The van der Waals surface area contributed by atoms with E-state index in [1.165, 1.54) is 5.57 Å². The monoisotopic (exact) mass is 144 g/mol. The van der Waals surface area contributed by atoms with E-state index in [4.69, 9.17) is 0 Å². The van der Waals surface area contributed by atoms with Gasteiger partial charge in [-0.3, -0.25) is 4.79 Å². The van der Waals surface area contributed by atoms with E-state index in [-0.39, 0.29) is 5.97 Å². The normalized spacial score (nSPS) is 15.9. The molecule has 2 nitrogen and oxygen atoms in total. The Morgan fingerprint density at radius 3 is 2.89 bits per heavy atom. The lowest BCUT2D eigenvalue weighted by Crippen LogP contribution is -2.03. The minimum Gasteiger partial charge on any atom is -0.394 e. The number of hydrogen-bond acceptors (Lipinski definition) is 3. The smallest absolute Gasteiger partial charge is 0.321 e. The minimum atomic E-state index is -0.260. The van der Waals surface area contributed by atoms with Crippen LogP contribution in [0.2, 0.25) is 0 Å². The van der Waals surface area contributed by atoms with E-state index in [0.29, 0.717) is 6.42 Å². The third kappa shape index (κ3) is 1.75. The van der Waals surface area contributed by atoms with Gasteiger partial charge in [0.25, 0.3) is 0 Å². The summed E-state index contributed by atoms with van der Waals surface area (Å²) in [7, 11) is 0. The van der Waals surface area contributed by atoms with Gasteiger partial charge >= 0.3 is 5.97 Å². The van der Waals surface area contributed by atoms with Crippen molar-refractivity contribution in [3.8, 4) is 0 Å². The molecule has 0 spiro atoms. The Morgan fingerprint density at radius 1 is 1.89 bits per heavy atom. The lowest BCUT2D eigenvalue weighted by Gasteiger charge is -2.11. The second-order valence-electron chi connectivity index (χ2n) is 2.04. The summed E-state index contributed by atoms with van der Waals surface area (Å²) in [6.07, 6.45) is 4.62. The van der Waals surface area contributed by atoms with Gasteiger partial charge in [-0.1, -0.05) is 11.6 Å². The highest BCUT2D eigenvalue weighted by atomic mass is 32.1. The Morgan fingerprint density at radius 2 is 2.56 bits per heavy atom. The highest BCUT2D eigenvalue weighted by Crippen LogP contribution is 2.21. The molecule has 0 amide bonds. The van der Waals surface area contributed by atoms with E-state index in [0.717, 1.165) is 12.8 Å². The van der Waals surface area contributed by atoms with Crippen LogP contribution in [0.4, 0.5) is 0 Å². The van der Waals surface area contributed by atoms with Crippen molar-refractivity contribution < 1.29 is 8.98 Å². The molecule has 3 heteroatoms. The van der Waals surface area contributed by atoms with Crippen molar-refractivity contribution in [2.45, 2.75) is 19.3 Å². The van der Waals surface area contributed by atoms with Gasteiger partial charge < -0.3 is 4.18 Å². The second-order valence-corrected chi connectivity index (χ2v) is 2.22. The number of carbonyl (C=O) groups is 1. The molecule has 0 N–H and O–H groups in total. The molecule has 0 bridgehead atoms. The summed E-state index contributed by atoms with van der Waals surface area (Å²) < 4.78 is 4.17. The fourth-order valence-electron chi connectivity index (χ4n) is 0.727. The Kier molecular flexibility index (Phi) is 2.16. The van der Waals surface area contributed by atoms with Gasteiger partial charge in [-0.05, 0) is 12.8 Å². The molecule has 0 aliphatic heterocycles. The molecule has 0 fully saturated rings. The van der Waals surface area contributed by atoms with Crippen molar-refractivity contribution in [2.75, 3.05) is 0 Å². The predicted molar refractivity (Wildman–Crippen MR) is 37.0 cm³/mol. The van der Waals surface area contributed by atoms with E-state index < -0.39 is 0 Å². The van der Waals surface area contributed by atoms with Gasteiger partial charge in [-0.15, -0.1) is 0 Å². The lowest BCUT2D eigenvalue weighted by atomic mass is 9.96. The van der Waals surface area contributed by atoms with Crippen LogP contribution >= 0.6 is 12.9 Å². The third-order valence-electron chi connectivity index (χ3n) is 1.37. The van der Waals surface area contributed by atoms with Crippen molar-refractivity contribution in [2.24, 2.45) is 0 Å². The van der Waals surface area contributed by atoms with Crippen LogP contribution in [-0.2, 0) is 8.98 Å². The van der Waals surface area contributed by atoms with E-state index >= 15 is 0 Å². The SMILES string of the molecule is O=C(CC1=CCC1)OS. The fraction of sp³-hybridized carbons (Fsp3) is 0.500. The first-order valence-electron chi connectivity index (χ1n) is 2.85. The summed E-state index contributed by atoms with van der Waals surface area (Å²) in [5.74, 6) is -0.260. The highest BCUT2D eigenvalue weighted by Gasteiger charge is 2.10. The fourth-order valence-corrected chi connectivity index (χ4v) is 0.791. The number of allylic oxidation sites excluding steroid dienone is 1. The van der Waals surface area contributed by atoms with E-state index in [1.807, 2.05) is 6.08 Å². The van der Waals surface area contributed by atoms with Crippen molar-refractivity contribution >= 4 is 18.9 Å². The van der Waals surface area contributed by atoms with Gasteiger partial charge in [0.15, 0.2) is 0 Å². The van der Waals surface area contributed by atoms with Crippen LogP contribution in [0.5, 0.6) is 0 Å². The van der Waals surface area contributed by atoms with Crippen LogP contribution < -0.4 is 0 Å². The molecular formula is C6H8O2S. The van der Waals surface area contributed by atoms with Gasteiger partial charge in [0.1, 0.15) is 0 Å². The quantitative estimate of drug-likeness (QED) is 0.361. The molecule has 0 aromatic carbocycles. The van der Waals surface area contributed by atoms with Gasteiger partial charge in [-0.2, -0.15) is 0 Å². The number of thiol groups is 1. The second kappa shape index (κ2) is 2.92. The highest BCUT2D eigenvalue weighted by molar-refractivity contribution is 7.75. The van der Waals surface area contributed by atoms with Crippen LogP contribution in [0.25, 0.3) is 0 Å². The molecule has 0 radical (unpaired) electrons. The average molecular weight is 144 g/mol. The molecule has 9 heavy (non-hydrogen) atoms. The molecular weight excluding hydrogens is 136 g/mol. The van der Waals surface area contributed by atoms with Crippen LogP contribution in [0.1, 0.15) is 19.3 Å². The Balaban J connectivity index is 2.24. The third-order valence-corrected chi connectivity index (χ3v) is 1.58. The summed E-state index contributed by atoms with van der Waals surface area (Å²) in [6.45, 7) is 0. The Bertz CT molecular complexity index is 151. The van der Waals surface area contributed by atoms with Crippen molar-refractivity contribution in [3.05, 3.63) is 11.6 Å². The van der Waals surface area contributed by atoms with Gasteiger partial charge in [-0.25, -0.2) is 0 Å². The lowest BCUT2D eigenvalue weighted by molar-refractivity contribution is -0.132. The molecule has 1 aliphatic rings. The molecule has 0 saturated carbocycles. The molecule has 1 rings (SSSR count). The maximum Gasteiger partial charge on any atom is 0.321 e. The summed E-state index contributed by atoms with van der Waals surface area (Å²) in [5.41, 5.74) is 1.18. The number of hydrogen-bond donors (Lipinski definition) is 1. The Labute approximate surface area is 59.5 Å². The van der Waals surface area contributed by atoms with Crippen molar-refractivity contribution in [3.63, 3.8) is 0 Å². The van der Waals surface area contributed by atoms with E-state index in [1.54, 1.807) is 0 Å². The molecule has 50 valence electrons.